The van der Waals surface area contributed by atoms with Crippen molar-refractivity contribution < 1.29 is 161 Å². The molecular weight excluding hydrogens is 1110 g/mol. The summed E-state index contributed by atoms with van der Waals surface area (Å²) in [5.41, 5.74) is 1.28. The van der Waals surface area contributed by atoms with E-state index in [1.807, 2.05) is 107 Å². The summed E-state index contributed by atoms with van der Waals surface area (Å²) in [6.45, 7) is 10.1. The maximum absolute atomic E-state index is 3.12. The number of aryl methyl sites for hydroxylation is 1. The minimum Gasteiger partial charge on any atom is -0.184 e. The van der Waals surface area contributed by atoms with E-state index in [0.29, 0.717) is 0 Å². The third kappa shape index (κ3) is 44.7. The maximum Gasteiger partial charge on any atom is 0 e. The molecule has 30 heavy (non-hydrogen) atoms. The third-order valence-electron chi connectivity index (χ3n) is 2.37. The van der Waals surface area contributed by atoms with Crippen LogP contribution in [0.3, 0.4) is 0 Å². The third-order valence-corrected chi connectivity index (χ3v) is 2.37. The Morgan fingerprint density at radius 1 is 0.533 bits per heavy atom. The maximum atomic E-state index is 3.12. The molecule has 0 atom stereocenters. The normalized spacial score (nSPS) is 6.03. The van der Waals surface area contributed by atoms with Crippen molar-refractivity contribution in [2.24, 2.45) is 0 Å². The van der Waals surface area contributed by atoms with E-state index in [9.17, 15) is 0 Å². The molecule has 0 nitrogen and oxygen atoms in total. The fourth-order valence-corrected chi connectivity index (χ4v) is 1.33. The first kappa shape index (κ1) is 54.1. The Morgan fingerprint density at radius 3 is 1.00 bits per heavy atom. The van der Waals surface area contributed by atoms with Crippen LogP contribution in [0.15, 0.2) is 84.9 Å². The molecule has 0 N–H and O–H groups in total. The van der Waals surface area contributed by atoms with E-state index in [1.165, 1.54) is 5.56 Å². The van der Waals surface area contributed by atoms with Gasteiger partial charge in [0.25, 0.3) is 0 Å². The van der Waals surface area contributed by atoms with Gasteiger partial charge in [0, 0.05) is 161 Å². The van der Waals surface area contributed by atoms with E-state index in [0.717, 1.165) is 6.42 Å². The van der Waals surface area contributed by atoms with Gasteiger partial charge in [0.1, 0.15) is 0 Å². The van der Waals surface area contributed by atoms with Gasteiger partial charge in [-0.15, -0.1) is 0 Å². The van der Waals surface area contributed by atoms with Crippen molar-refractivity contribution in [3.63, 3.8) is 0 Å². The van der Waals surface area contributed by atoms with Crippen LogP contribution >= 0.6 is 0 Å². The Bertz CT molecular complexity index is 443. The fourth-order valence-electron chi connectivity index (χ4n) is 1.33. The average molecular weight is 1140 g/mol. The summed E-state index contributed by atoms with van der Waals surface area (Å²) in [6.07, 6.45) is 1.08. The minimum absolute atomic E-state index is 0. The van der Waals surface area contributed by atoms with Gasteiger partial charge < -0.3 is 0 Å². The number of rotatable bonds is 1. The molecule has 0 unspecified atom stereocenters. The molecule has 3 radical (unpaired) electrons. The van der Waals surface area contributed by atoms with Gasteiger partial charge in [-0.05, 0) is 0 Å². The Labute approximate surface area is 305 Å². The van der Waals surface area contributed by atoms with E-state index < -0.39 is 0 Å². The van der Waals surface area contributed by atoms with Gasteiger partial charge in [-0.25, -0.2) is 0 Å². The summed E-state index contributed by atoms with van der Waals surface area (Å²) in [6, 6.07) is 36.2. The summed E-state index contributed by atoms with van der Waals surface area (Å²) in [4.78, 5) is 0. The van der Waals surface area contributed by atoms with Crippen LogP contribution in [0.4, 0.5) is 0 Å². The molecule has 6 heteroatoms. The van der Waals surface area contributed by atoms with Gasteiger partial charge in [-0.2, -0.15) is 109 Å². The van der Waals surface area contributed by atoms with Crippen LogP contribution in [0.25, 0.3) is 0 Å². The zero-order valence-corrected chi connectivity index (χ0v) is 36.1. The summed E-state index contributed by atoms with van der Waals surface area (Å²) < 4.78 is 0. The summed E-state index contributed by atoms with van der Waals surface area (Å²) in [5, 5.41) is 0. The summed E-state index contributed by atoms with van der Waals surface area (Å²) in [7, 11) is 0. The molecule has 0 heterocycles. The molecule has 0 spiro atoms. The first-order chi connectivity index (χ1) is 11.9. The van der Waals surface area contributed by atoms with Gasteiger partial charge in [0.15, 0.2) is 0 Å². The topological polar surface area (TPSA) is 0 Å². The SMILES string of the molecule is CC.CC.CCc1[c-]cccc1.[W].[W].[W].[Y].[Y].[Y].[c-]1ccccc1.[c-]1ccccc1. The molecule has 3 aromatic rings. The van der Waals surface area contributed by atoms with E-state index in [2.05, 4.69) is 31.2 Å². The van der Waals surface area contributed by atoms with Crippen molar-refractivity contribution in [3.8, 4) is 0 Å². The molecule has 0 bridgehead atoms. The Kier molecular flexibility index (Phi) is 96.3. The smallest absolute Gasteiger partial charge is 0 e. The molecule has 3 aromatic carbocycles. The van der Waals surface area contributed by atoms with Crippen molar-refractivity contribution >= 4 is 0 Å². The molecule has 0 aliphatic rings. The second kappa shape index (κ2) is 53.4. The van der Waals surface area contributed by atoms with E-state index in [-0.39, 0.29) is 161 Å². The molecule has 0 saturated carbocycles. The molecular formula is C24H31W3Y3-3. The Hall–Kier alpha value is 3.04. The van der Waals surface area contributed by atoms with Crippen molar-refractivity contribution in [2.75, 3.05) is 0 Å². The molecule has 0 aliphatic carbocycles. The van der Waals surface area contributed by atoms with Crippen LogP contribution in [0.1, 0.15) is 40.2 Å². The average Bonchev–Trinajstić information content (AvgIpc) is 2.75. The molecule has 157 valence electrons. The number of hydrogen-bond donors (Lipinski definition) is 0. The van der Waals surface area contributed by atoms with Crippen LogP contribution in [0.2, 0.25) is 0 Å². The van der Waals surface area contributed by atoms with Gasteiger partial charge >= 0.3 is 0 Å². The van der Waals surface area contributed by atoms with Crippen LogP contribution in [0, 0.1) is 18.2 Å². The largest absolute Gasteiger partial charge is 0.184 e. The molecule has 3 rings (SSSR count). The minimum atomic E-state index is 0. The molecule has 0 amide bonds. The van der Waals surface area contributed by atoms with Gasteiger partial charge in [-0.3, -0.25) is 0 Å². The molecule has 0 aliphatic heterocycles. The zero-order valence-electron chi connectivity index (χ0n) is 18.7. The second-order valence-electron chi connectivity index (χ2n) is 3.90. The van der Waals surface area contributed by atoms with Gasteiger partial charge in [-0.1, -0.05) is 41.0 Å². The predicted octanol–water partition coefficient (Wildman–Crippen LogP) is 7.06. The van der Waals surface area contributed by atoms with Crippen molar-refractivity contribution in [2.45, 2.75) is 41.0 Å². The number of benzene rings is 3. The van der Waals surface area contributed by atoms with E-state index in [4.69, 9.17) is 0 Å². The predicted molar refractivity (Wildman–Crippen MR) is 108 cm³/mol. The zero-order chi connectivity index (χ0) is 18.3. The van der Waals surface area contributed by atoms with Crippen LogP contribution in [0.5, 0.6) is 0 Å². The van der Waals surface area contributed by atoms with Crippen molar-refractivity contribution in [1.29, 1.82) is 0 Å². The second-order valence-corrected chi connectivity index (χ2v) is 3.90. The molecule has 0 saturated heterocycles. The monoisotopic (exact) mass is 1140 g/mol. The summed E-state index contributed by atoms with van der Waals surface area (Å²) in [5.74, 6) is 0. The summed E-state index contributed by atoms with van der Waals surface area (Å²) >= 11 is 0. The first-order valence-electron chi connectivity index (χ1n) is 8.71. The quantitative estimate of drug-likeness (QED) is 0.230. The number of hydrogen-bond acceptors (Lipinski definition) is 0. The fraction of sp³-hybridized carbons (Fsp3) is 0.250. The Morgan fingerprint density at radius 2 is 0.867 bits per heavy atom. The van der Waals surface area contributed by atoms with Crippen LogP contribution < -0.4 is 0 Å². The van der Waals surface area contributed by atoms with Crippen molar-refractivity contribution in [3.05, 3.63) is 109 Å². The van der Waals surface area contributed by atoms with Gasteiger partial charge in [0.2, 0.25) is 0 Å². The Balaban J connectivity index is -0.0000000343. The standard InChI is InChI=1S/C8H9.2C6H5.2C2H6.3W.3Y/c1-2-8-6-4-3-5-7-8;2*1-2-4-6-5-3-1;2*1-2;;;;;;/h3-6H,2H2,1H3;2*1-5H;2*1-2H3;;;;;;/q3*-1;;;;;;;;. The van der Waals surface area contributed by atoms with E-state index in [1.54, 1.807) is 0 Å². The molecule has 0 aromatic heterocycles. The first-order valence-corrected chi connectivity index (χ1v) is 8.71. The van der Waals surface area contributed by atoms with Gasteiger partial charge in [0.05, 0.1) is 0 Å². The van der Waals surface area contributed by atoms with Crippen LogP contribution in [-0.4, -0.2) is 0 Å². The van der Waals surface area contributed by atoms with E-state index >= 15 is 0 Å². The van der Waals surface area contributed by atoms with Crippen molar-refractivity contribution in [1.82, 2.24) is 0 Å². The molecule has 0 fully saturated rings. The van der Waals surface area contributed by atoms with Crippen LogP contribution in [-0.2, 0) is 168 Å².